The molecule has 4 N–H and O–H groups in total. The van der Waals surface area contributed by atoms with Gasteiger partial charge in [0, 0.05) is 31.1 Å². The van der Waals surface area contributed by atoms with E-state index in [4.69, 9.17) is 15.5 Å². The van der Waals surface area contributed by atoms with Crippen LogP contribution < -0.4 is 15.8 Å². The number of hydrogen-bond donors (Lipinski definition) is 3. The van der Waals surface area contributed by atoms with E-state index in [1.54, 1.807) is 4.90 Å². The highest BCUT2D eigenvalue weighted by atomic mass is 16.5. The number of aliphatic hydroxyl groups excluding tert-OH is 1. The van der Waals surface area contributed by atoms with Crippen LogP contribution in [0.15, 0.2) is 23.2 Å². The van der Waals surface area contributed by atoms with E-state index >= 15 is 0 Å². The molecule has 0 bridgehead atoms. The van der Waals surface area contributed by atoms with E-state index in [1.807, 2.05) is 18.2 Å². The minimum absolute atomic E-state index is 0.154. The maximum absolute atomic E-state index is 12.2. The van der Waals surface area contributed by atoms with Gasteiger partial charge in [-0.1, -0.05) is 25.0 Å². The van der Waals surface area contributed by atoms with Gasteiger partial charge in [0.15, 0.2) is 6.23 Å². The van der Waals surface area contributed by atoms with Gasteiger partial charge >= 0.3 is 0 Å². The van der Waals surface area contributed by atoms with E-state index in [9.17, 15) is 14.7 Å². The predicted molar refractivity (Wildman–Crippen MR) is 127 cm³/mol. The molecule has 4 atom stereocenters. The number of rotatable bonds is 8. The van der Waals surface area contributed by atoms with Crippen LogP contribution in [-0.4, -0.2) is 64.1 Å². The topological polar surface area (TPSA) is 120 Å². The molecule has 3 fully saturated rings. The molecule has 3 aliphatic heterocycles. The smallest absolute Gasteiger partial charge is 0.251 e. The van der Waals surface area contributed by atoms with Gasteiger partial charge in [0.05, 0.1) is 6.61 Å². The lowest BCUT2D eigenvalue weighted by Gasteiger charge is -2.47. The number of primary amides is 1. The van der Waals surface area contributed by atoms with Gasteiger partial charge in [-0.3, -0.25) is 19.8 Å². The second-order valence-electron chi connectivity index (χ2n) is 9.94. The highest BCUT2D eigenvalue weighted by Crippen LogP contribution is 2.41. The maximum atomic E-state index is 12.2. The summed E-state index contributed by atoms with van der Waals surface area (Å²) in [6, 6.07) is 5.77. The van der Waals surface area contributed by atoms with Crippen LogP contribution >= 0.6 is 0 Å². The quantitative estimate of drug-likeness (QED) is 0.536. The molecule has 4 unspecified atom stereocenters. The van der Waals surface area contributed by atoms with Crippen molar-refractivity contribution >= 4 is 23.5 Å². The Balaban J connectivity index is 1.41. The van der Waals surface area contributed by atoms with Crippen LogP contribution in [0, 0.1) is 5.92 Å². The van der Waals surface area contributed by atoms with Crippen LogP contribution in [0.4, 0.5) is 5.69 Å². The summed E-state index contributed by atoms with van der Waals surface area (Å²) in [5, 5.41) is 12.4. The Morgan fingerprint density at radius 2 is 2.09 bits per heavy atom. The first-order valence-electron chi connectivity index (χ1n) is 12.6. The van der Waals surface area contributed by atoms with Crippen molar-refractivity contribution in [1.29, 1.82) is 0 Å². The van der Waals surface area contributed by atoms with E-state index < -0.39 is 6.04 Å². The zero-order valence-corrected chi connectivity index (χ0v) is 19.6. The van der Waals surface area contributed by atoms with E-state index in [2.05, 4.69) is 10.2 Å². The normalized spacial score (nSPS) is 27.2. The molecule has 0 aromatic heterocycles. The summed E-state index contributed by atoms with van der Waals surface area (Å²) in [4.78, 5) is 32.7. The molecule has 9 heteroatoms. The van der Waals surface area contributed by atoms with Crippen molar-refractivity contribution in [2.24, 2.45) is 16.6 Å². The average Bonchev–Trinajstić information content (AvgIpc) is 3.15. The van der Waals surface area contributed by atoms with Crippen molar-refractivity contribution < 1.29 is 19.4 Å². The molecule has 1 aromatic rings. The highest BCUT2D eigenvalue weighted by molar-refractivity contribution is 6.08. The van der Waals surface area contributed by atoms with Crippen molar-refractivity contribution in [2.45, 2.75) is 82.6 Å². The van der Waals surface area contributed by atoms with Gasteiger partial charge in [-0.2, -0.15) is 0 Å². The minimum Gasteiger partial charge on any atom is -0.473 e. The lowest BCUT2D eigenvalue weighted by atomic mass is 9.78. The second kappa shape index (κ2) is 9.92. The molecule has 3 heterocycles. The van der Waals surface area contributed by atoms with Crippen molar-refractivity contribution in [1.82, 2.24) is 15.1 Å². The number of ether oxygens (including phenoxy) is 1. The third-order valence-electron chi connectivity index (χ3n) is 7.79. The minimum atomic E-state index is -0.616. The number of fused-ring (bicyclic) bond motifs is 3. The Bertz CT molecular complexity index is 965. The van der Waals surface area contributed by atoms with Crippen LogP contribution in [-0.2, 0) is 16.1 Å². The lowest BCUT2D eigenvalue weighted by Crippen LogP contribution is -2.53. The van der Waals surface area contributed by atoms with Crippen molar-refractivity contribution in [2.75, 3.05) is 13.2 Å². The van der Waals surface area contributed by atoms with Gasteiger partial charge in [-0.15, -0.1) is 0 Å². The number of likely N-dealkylation sites (tertiary alicyclic amines) is 1. The third kappa shape index (κ3) is 4.51. The highest BCUT2D eigenvalue weighted by Gasteiger charge is 2.40. The molecular weight excluding hydrogens is 434 g/mol. The molecule has 34 heavy (non-hydrogen) atoms. The van der Waals surface area contributed by atoms with E-state index in [1.165, 1.54) is 32.1 Å². The first kappa shape index (κ1) is 23.1. The van der Waals surface area contributed by atoms with Crippen molar-refractivity contribution in [3.8, 4) is 5.75 Å². The Morgan fingerprint density at radius 1 is 1.26 bits per heavy atom. The van der Waals surface area contributed by atoms with Gasteiger partial charge in [-0.25, -0.2) is 4.99 Å². The molecule has 9 nitrogen and oxygen atoms in total. The number of nitrogens with one attached hydrogen (secondary N) is 1. The molecule has 0 spiro atoms. The van der Waals surface area contributed by atoms with E-state index in [0.29, 0.717) is 43.1 Å². The fourth-order valence-electron chi connectivity index (χ4n) is 6.13. The SMILES string of the molecule is NC(=O)CCCC(Oc1cccc2c1N=C1NC(=O)C(CO)N1C2)N1CCCC2CCCCC21. The number of amides is 2. The van der Waals surface area contributed by atoms with Crippen molar-refractivity contribution in [3.63, 3.8) is 0 Å². The zero-order valence-electron chi connectivity index (χ0n) is 19.6. The average molecular weight is 470 g/mol. The number of piperidine rings is 1. The number of aliphatic hydroxyl groups is 1. The van der Waals surface area contributed by atoms with E-state index in [0.717, 1.165) is 30.6 Å². The van der Waals surface area contributed by atoms with Crippen LogP contribution in [0.1, 0.15) is 63.4 Å². The number of nitrogens with zero attached hydrogens (tertiary/aromatic N) is 3. The summed E-state index contributed by atoms with van der Waals surface area (Å²) in [5.74, 6) is 1.34. The zero-order chi connectivity index (χ0) is 23.7. The fourth-order valence-corrected chi connectivity index (χ4v) is 6.13. The second-order valence-corrected chi connectivity index (χ2v) is 9.94. The van der Waals surface area contributed by atoms with Crippen LogP contribution in [0.25, 0.3) is 0 Å². The molecule has 184 valence electrons. The third-order valence-corrected chi connectivity index (χ3v) is 7.79. The number of carbonyl (C=O) groups excluding carboxylic acids is 2. The fraction of sp³-hybridized carbons (Fsp3) is 0.640. The van der Waals surface area contributed by atoms with Gasteiger partial charge in [0.25, 0.3) is 5.91 Å². The number of carbonyl (C=O) groups is 2. The number of hydrogen-bond acceptors (Lipinski definition) is 7. The summed E-state index contributed by atoms with van der Waals surface area (Å²) < 4.78 is 6.70. The van der Waals surface area contributed by atoms with Crippen LogP contribution in [0.2, 0.25) is 0 Å². The van der Waals surface area contributed by atoms with E-state index in [-0.39, 0.29) is 24.6 Å². The molecular formula is C25H35N5O4. The Kier molecular flexibility index (Phi) is 6.74. The molecule has 1 aliphatic carbocycles. The molecule has 0 radical (unpaired) electrons. The largest absolute Gasteiger partial charge is 0.473 e. The summed E-state index contributed by atoms with van der Waals surface area (Å²) in [7, 11) is 0. The molecule has 2 amide bonds. The van der Waals surface area contributed by atoms with Gasteiger partial charge in [-0.05, 0) is 50.5 Å². The summed E-state index contributed by atoms with van der Waals surface area (Å²) in [5.41, 5.74) is 7.11. The Labute approximate surface area is 200 Å². The van der Waals surface area contributed by atoms with Crippen molar-refractivity contribution in [3.05, 3.63) is 23.8 Å². The summed E-state index contributed by atoms with van der Waals surface area (Å²) >= 11 is 0. The van der Waals surface area contributed by atoms with Gasteiger partial charge in [0.1, 0.15) is 17.5 Å². The molecule has 1 aromatic carbocycles. The number of aliphatic imine (C=N–C) groups is 1. The monoisotopic (exact) mass is 469 g/mol. The van der Waals surface area contributed by atoms with Gasteiger partial charge < -0.3 is 20.5 Å². The standard InChI is InChI=1S/C25H35N5O4/c26-21(32)11-4-12-22(29-13-5-8-16-6-1-2-9-18(16)29)34-20-10-3-7-17-14-30-19(15-31)24(33)28-25(30)27-23(17)20/h3,7,10,16,18-19,22,31H,1-2,4-6,8-9,11-15H2,(H2,26,32)(H,27,28,33). The summed E-state index contributed by atoms with van der Waals surface area (Å²) in [6.45, 7) is 1.22. The predicted octanol–water partition coefficient (Wildman–Crippen LogP) is 2.00. The first-order chi connectivity index (χ1) is 16.5. The molecule has 5 rings (SSSR count). The summed E-state index contributed by atoms with van der Waals surface area (Å²) in [6.07, 6.45) is 9.08. The number of benzene rings is 1. The maximum Gasteiger partial charge on any atom is 0.251 e. The first-order valence-corrected chi connectivity index (χ1v) is 12.6. The lowest BCUT2D eigenvalue weighted by molar-refractivity contribution is -0.122. The molecule has 1 saturated carbocycles. The molecule has 2 saturated heterocycles. The number of nitrogens with two attached hydrogens (primary N) is 1. The molecule has 4 aliphatic rings. The van der Waals surface area contributed by atoms with Crippen LogP contribution in [0.3, 0.4) is 0 Å². The number of guanidine groups is 1. The number of para-hydroxylation sites is 1. The van der Waals surface area contributed by atoms with Gasteiger partial charge in [0.2, 0.25) is 11.9 Å². The van der Waals surface area contributed by atoms with Crippen LogP contribution in [0.5, 0.6) is 5.75 Å². The Morgan fingerprint density at radius 3 is 2.91 bits per heavy atom. The Hall–Kier alpha value is -2.65.